The van der Waals surface area contributed by atoms with E-state index in [1.165, 1.54) is 0 Å². The third-order valence-electron chi connectivity index (χ3n) is 2.20. The molecule has 0 bridgehead atoms. The molecule has 3 nitrogen and oxygen atoms in total. The largest absolute Gasteiger partial charge is 0.300 e. The number of halogens is 1. The summed E-state index contributed by atoms with van der Waals surface area (Å²) in [6, 6.07) is 0. The van der Waals surface area contributed by atoms with Gasteiger partial charge in [-0.05, 0) is 26.7 Å². The predicted octanol–water partition coefficient (Wildman–Crippen LogP) is 2.29. The van der Waals surface area contributed by atoms with Crippen LogP contribution in [0.5, 0.6) is 0 Å². The van der Waals surface area contributed by atoms with Crippen molar-refractivity contribution < 1.29 is 4.79 Å². The maximum atomic E-state index is 10.8. The number of hydrogen-bond donors (Lipinski definition) is 0. The summed E-state index contributed by atoms with van der Waals surface area (Å²) < 4.78 is 1.79. The number of ketones is 1. The first-order chi connectivity index (χ1) is 6.52. The molecule has 0 spiro atoms. The van der Waals surface area contributed by atoms with Gasteiger partial charge in [0.25, 0.3) is 0 Å². The number of rotatable bonds is 4. The van der Waals surface area contributed by atoms with Gasteiger partial charge in [0, 0.05) is 13.5 Å². The van der Waals surface area contributed by atoms with E-state index in [2.05, 4.69) is 5.10 Å². The Kier molecular flexibility index (Phi) is 3.69. The van der Waals surface area contributed by atoms with E-state index in [1.54, 1.807) is 11.6 Å². The lowest BCUT2D eigenvalue weighted by atomic mass is 10.1. The molecule has 14 heavy (non-hydrogen) atoms. The van der Waals surface area contributed by atoms with Crippen molar-refractivity contribution in [2.45, 2.75) is 33.1 Å². The second kappa shape index (κ2) is 4.60. The van der Waals surface area contributed by atoms with Crippen LogP contribution in [0.25, 0.3) is 0 Å². The maximum Gasteiger partial charge on any atom is 0.129 e. The third-order valence-corrected chi connectivity index (χ3v) is 2.70. The van der Waals surface area contributed by atoms with E-state index in [9.17, 15) is 4.79 Å². The van der Waals surface area contributed by atoms with E-state index in [0.29, 0.717) is 6.42 Å². The monoisotopic (exact) mass is 214 g/mol. The second-order valence-corrected chi connectivity index (χ2v) is 3.90. The average Bonchev–Trinajstić information content (AvgIpc) is 2.31. The van der Waals surface area contributed by atoms with Crippen molar-refractivity contribution in [1.82, 2.24) is 9.78 Å². The van der Waals surface area contributed by atoms with E-state index < -0.39 is 0 Å². The van der Waals surface area contributed by atoms with Gasteiger partial charge in [0.2, 0.25) is 0 Å². The van der Waals surface area contributed by atoms with Gasteiger partial charge in [0.1, 0.15) is 5.78 Å². The minimum atomic E-state index is 0.222. The van der Waals surface area contributed by atoms with E-state index >= 15 is 0 Å². The molecule has 1 aromatic rings. The fourth-order valence-corrected chi connectivity index (χ4v) is 1.71. The smallest absolute Gasteiger partial charge is 0.129 e. The van der Waals surface area contributed by atoms with Gasteiger partial charge in [-0.15, -0.1) is 0 Å². The lowest BCUT2D eigenvalue weighted by Crippen LogP contribution is -2.00. The van der Waals surface area contributed by atoms with Crippen LogP contribution in [-0.2, 0) is 18.3 Å². The van der Waals surface area contributed by atoms with Crippen LogP contribution in [0.15, 0.2) is 0 Å². The first kappa shape index (κ1) is 11.2. The quantitative estimate of drug-likeness (QED) is 0.771. The molecule has 0 aliphatic carbocycles. The Labute approximate surface area is 89.1 Å². The summed E-state index contributed by atoms with van der Waals surface area (Å²) in [5.41, 5.74) is 1.87. The highest BCUT2D eigenvalue weighted by atomic mass is 35.5. The summed E-state index contributed by atoms with van der Waals surface area (Å²) in [5, 5.41) is 4.94. The molecule has 78 valence electrons. The van der Waals surface area contributed by atoms with Crippen molar-refractivity contribution in [1.29, 1.82) is 0 Å². The zero-order chi connectivity index (χ0) is 10.7. The molecule has 0 fully saturated rings. The molecule has 0 radical (unpaired) electrons. The summed E-state index contributed by atoms with van der Waals surface area (Å²) in [6.07, 6.45) is 2.27. The van der Waals surface area contributed by atoms with Crippen LogP contribution in [0.3, 0.4) is 0 Å². The maximum absolute atomic E-state index is 10.8. The van der Waals surface area contributed by atoms with E-state index in [-0.39, 0.29) is 5.78 Å². The van der Waals surface area contributed by atoms with Crippen LogP contribution < -0.4 is 0 Å². The Morgan fingerprint density at radius 2 is 2.21 bits per heavy atom. The molecule has 0 saturated carbocycles. The van der Waals surface area contributed by atoms with Crippen molar-refractivity contribution in [3.8, 4) is 0 Å². The lowest BCUT2D eigenvalue weighted by Gasteiger charge is -2.01. The molecule has 0 aliphatic rings. The molecule has 1 aromatic heterocycles. The zero-order valence-electron chi connectivity index (χ0n) is 8.80. The molecule has 0 unspecified atom stereocenters. The normalized spacial score (nSPS) is 10.6. The van der Waals surface area contributed by atoms with Crippen LogP contribution in [0.2, 0.25) is 5.02 Å². The van der Waals surface area contributed by atoms with E-state index in [1.807, 2.05) is 14.0 Å². The molecule has 1 heterocycles. The number of hydrogen-bond acceptors (Lipinski definition) is 2. The molecule has 1 rings (SSSR count). The highest BCUT2D eigenvalue weighted by Gasteiger charge is 2.10. The van der Waals surface area contributed by atoms with Gasteiger partial charge < -0.3 is 4.79 Å². The van der Waals surface area contributed by atoms with Gasteiger partial charge in [0.15, 0.2) is 0 Å². The average molecular weight is 215 g/mol. The number of nitrogens with zero attached hydrogens (tertiary/aromatic N) is 2. The minimum Gasteiger partial charge on any atom is -0.300 e. The van der Waals surface area contributed by atoms with Gasteiger partial charge in [0.05, 0.1) is 16.4 Å². The van der Waals surface area contributed by atoms with E-state index in [0.717, 1.165) is 29.3 Å². The first-order valence-electron chi connectivity index (χ1n) is 4.69. The van der Waals surface area contributed by atoms with Crippen LogP contribution >= 0.6 is 11.6 Å². The minimum absolute atomic E-state index is 0.222. The summed E-state index contributed by atoms with van der Waals surface area (Å²) in [7, 11) is 1.88. The summed E-state index contributed by atoms with van der Waals surface area (Å²) in [5.74, 6) is 0.222. The zero-order valence-corrected chi connectivity index (χ0v) is 9.56. The topological polar surface area (TPSA) is 34.9 Å². The standard InChI is InChI=1S/C10H15ClN2O/c1-7(14)5-4-6-9-10(11)8(2)12-13(9)3/h4-6H2,1-3H3. The first-order valence-corrected chi connectivity index (χ1v) is 5.07. The molecular weight excluding hydrogens is 200 g/mol. The lowest BCUT2D eigenvalue weighted by molar-refractivity contribution is -0.117. The van der Waals surface area contributed by atoms with Crippen LogP contribution in [0.1, 0.15) is 31.2 Å². The fraction of sp³-hybridized carbons (Fsp3) is 0.600. The van der Waals surface area contributed by atoms with Gasteiger partial charge in [-0.3, -0.25) is 4.68 Å². The number of aromatic nitrogens is 2. The Bertz CT molecular complexity index is 344. The number of Topliss-reactive ketones (excluding diaryl/α,β-unsaturated/α-hetero) is 1. The van der Waals surface area contributed by atoms with Gasteiger partial charge in [-0.2, -0.15) is 5.10 Å². The SMILES string of the molecule is CC(=O)CCCc1c(Cl)c(C)nn1C. The second-order valence-electron chi connectivity index (χ2n) is 3.53. The van der Waals surface area contributed by atoms with Gasteiger partial charge in [-0.1, -0.05) is 11.6 Å². The van der Waals surface area contributed by atoms with Crippen LogP contribution in [0, 0.1) is 6.92 Å². The number of carbonyl (C=O) groups is 1. The van der Waals surface area contributed by atoms with Gasteiger partial charge >= 0.3 is 0 Å². The predicted molar refractivity (Wildman–Crippen MR) is 56.6 cm³/mol. The highest BCUT2D eigenvalue weighted by molar-refractivity contribution is 6.31. The van der Waals surface area contributed by atoms with Crippen molar-refractivity contribution in [2.24, 2.45) is 7.05 Å². The fourth-order valence-electron chi connectivity index (χ4n) is 1.46. The molecule has 0 N–H and O–H groups in total. The molecule has 0 amide bonds. The van der Waals surface area contributed by atoms with Crippen molar-refractivity contribution >= 4 is 17.4 Å². The molecule has 0 aromatic carbocycles. The van der Waals surface area contributed by atoms with Crippen molar-refractivity contribution in [3.63, 3.8) is 0 Å². The highest BCUT2D eigenvalue weighted by Crippen LogP contribution is 2.20. The molecule has 0 aliphatic heterocycles. The molecule has 0 saturated heterocycles. The Morgan fingerprint density at radius 1 is 1.57 bits per heavy atom. The van der Waals surface area contributed by atoms with Crippen LogP contribution in [-0.4, -0.2) is 15.6 Å². The summed E-state index contributed by atoms with van der Waals surface area (Å²) in [4.78, 5) is 10.8. The Hall–Kier alpha value is -0.830. The molecular formula is C10H15ClN2O. The van der Waals surface area contributed by atoms with Crippen molar-refractivity contribution in [3.05, 3.63) is 16.4 Å². The summed E-state index contributed by atoms with van der Waals surface area (Å²) in [6.45, 7) is 3.49. The summed E-state index contributed by atoms with van der Waals surface area (Å²) >= 11 is 6.06. The Balaban J connectivity index is 2.62. The Morgan fingerprint density at radius 3 is 2.64 bits per heavy atom. The van der Waals surface area contributed by atoms with Crippen LogP contribution in [0.4, 0.5) is 0 Å². The van der Waals surface area contributed by atoms with Crippen molar-refractivity contribution in [2.75, 3.05) is 0 Å². The van der Waals surface area contributed by atoms with E-state index in [4.69, 9.17) is 11.6 Å². The molecule has 4 heteroatoms. The van der Waals surface area contributed by atoms with Gasteiger partial charge in [-0.25, -0.2) is 0 Å². The molecule has 0 atom stereocenters. The number of aryl methyl sites for hydroxylation is 2. The third kappa shape index (κ3) is 2.58. The number of carbonyl (C=O) groups excluding carboxylic acids is 1.